The van der Waals surface area contributed by atoms with E-state index in [1.54, 1.807) is 5.56 Å². The molecule has 1 fully saturated rings. The lowest BCUT2D eigenvalue weighted by Gasteiger charge is -2.19. The van der Waals surface area contributed by atoms with Crippen LogP contribution < -0.4 is 0 Å². The number of aryl methyl sites for hydroxylation is 1. The fourth-order valence-electron chi connectivity index (χ4n) is 4.19. The molecule has 0 amide bonds. The van der Waals surface area contributed by atoms with Crippen molar-refractivity contribution >= 4 is 0 Å². The monoisotopic (exact) mass is 286 g/mol. The molecule has 1 aliphatic carbocycles. The van der Waals surface area contributed by atoms with Gasteiger partial charge in [0.25, 0.3) is 0 Å². The third-order valence-corrected chi connectivity index (χ3v) is 5.32. The Morgan fingerprint density at radius 3 is 2.33 bits per heavy atom. The topological polar surface area (TPSA) is 0 Å². The zero-order chi connectivity index (χ0) is 15.1. The Labute approximate surface area is 132 Å². The van der Waals surface area contributed by atoms with Crippen LogP contribution in [0.2, 0.25) is 0 Å². The van der Waals surface area contributed by atoms with Crippen LogP contribution in [-0.4, -0.2) is 0 Å². The molecular weight excluding hydrogens is 252 g/mol. The van der Waals surface area contributed by atoms with Crippen LogP contribution in [0.1, 0.15) is 89.2 Å². The highest BCUT2D eigenvalue weighted by Gasteiger charge is 2.32. The molecule has 0 heterocycles. The molecule has 1 aromatic carbocycles. The number of unbranched alkanes of at least 4 members (excludes halogenated alkanes) is 3. The summed E-state index contributed by atoms with van der Waals surface area (Å²) in [5.41, 5.74) is 3.14. The largest absolute Gasteiger partial charge is 0.0654 e. The van der Waals surface area contributed by atoms with E-state index in [1.807, 2.05) is 0 Å². The summed E-state index contributed by atoms with van der Waals surface area (Å²) >= 11 is 0. The van der Waals surface area contributed by atoms with Gasteiger partial charge in [-0.15, -0.1) is 0 Å². The quantitative estimate of drug-likeness (QED) is 0.464. The molecule has 21 heavy (non-hydrogen) atoms. The second-order valence-electron chi connectivity index (χ2n) is 7.28. The van der Waals surface area contributed by atoms with E-state index < -0.39 is 0 Å². The van der Waals surface area contributed by atoms with Crippen LogP contribution in [0.4, 0.5) is 0 Å². The Hall–Kier alpha value is -0.780. The molecule has 1 saturated carbocycles. The summed E-state index contributed by atoms with van der Waals surface area (Å²) in [6.45, 7) is 7.05. The standard InChI is InChI=1S/C21H34/c1-4-6-7-8-10-18-11-13-19(14-12-18)21-16-17(3)15-20(21)9-5-2/h11-14,17,20-21H,4-10,15-16H2,1-3H3. The minimum atomic E-state index is 0.828. The van der Waals surface area contributed by atoms with Crippen LogP contribution >= 0.6 is 0 Å². The van der Waals surface area contributed by atoms with Gasteiger partial charge in [-0.1, -0.05) is 77.1 Å². The first-order chi connectivity index (χ1) is 10.2. The smallest absolute Gasteiger partial charge is 0.0131 e. The number of hydrogen-bond donors (Lipinski definition) is 0. The van der Waals surface area contributed by atoms with Crippen molar-refractivity contribution in [1.82, 2.24) is 0 Å². The first-order valence-electron chi connectivity index (χ1n) is 9.33. The normalized spacial score (nSPS) is 25.4. The van der Waals surface area contributed by atoms with E-state index in [0.717, 1.165) is 17.8 Å². The van der Waals surface area contributed by atoms with Gasteiger partial charge in [-0.3, -0.25) is 0 Å². The molecule has 3 atom stereocenters. The highest BCUT2D eigenvalue weighted by Crippen LogP contribution is 2.45. The summed E-state index contributed by atoms with van der Waals surface area (Å²) in [6.07, 6.45) is 12.3. The Kier molecular flexibility index (Phi) is 6.80. The summed E-state index contributed by atoms with van der Waals surface area (Å²) in [6, 6.07) is 9.65. The van der Waals surface area contributed by atoms with E-state index >= 15 is 0 Å². The van der Waals surface area contributed by atoms with Crippen molar-refractivity contribution in [3.63, 3.8) is 0 Å². The van der Waals surface area contributed by atoms with Crippen molar-refractivity contribution in [2.75, 3.05) is 0 Å². The minimum Gasteiger partial charge on any atom is -0.0654 e. The summed E-state index contributed by atoms with van der Waals surface area (Å²) in [5.74, 6) is 2.68. The molecular formula is C21H34. The van der Waals surface area contributed by atoms with Crippen molar-refractivity contribution in [2.45, 2.75) is 84.5 Å². The van der Waals surface area contributed by atoms with Crippen molar-refractivity contribution in [3.8, 4) is 0 Å². The van der Waals surface area contributed by atoms with Crippen molar-refractivity contribution in [1.29, 1.82) is 0 Å². The molecule has 118 valence electrons. The predicted octanol–water partition coefficient (Wildman–Crippen LogP) is 6.74. The molecule has 3 unspecified atom stereocenters. The van der Waals surface area contributed by atoms with Gasteiger partial charge < -0.3 is 0 Å². The molecule has 0 bridgehead atoms. The Morgan fingerprint density at radius 1 is 0.905 bits per heavy atom. The van der Waals surface area contributed by atoms with Gasteiger partial charge in [-0.05, 0) is 54.6 Å². The Balaban J connectivity index is 1.91. The van der Waals surface area contributed by atoms with Gasteiger partial charge in [-0.25, -0.2) is 0 Å². The van der Waals surface area contributed by atoms with Gasteiger partial charge in [0.05, 0.1) is 0 Å². The zero-order valence-corrected chi connectivity index (χ0v) is 14.4. The molecule has 0 spiro atoms. The molecule has 2 rings (SSSR count). The third-order valence-electron chi connectivity index (χ3n) is 5.32. The predicted molar refractivity (Wildman–Crippen MR) is 93.8 cm³/mol. The maximum atomic E-state index is 2.44. The first-order valence-corrected chi connectivity index (χ1v) is 9.33. The summed E-state index contributed by atoms with van der Waals surface area (Å²) in [7, 11) is 0. The SMILES string of the molecule is CCCCCCc1ccc(C2CC(C)CC2CCC)cc1. The van der Waals surface area contributed by atoms with Gasteiger partial charge in [0.2, 0.25) is 0 Å². The summed E-state index contributed by atoms with van der Waals surface area (Å²) in [5, 5.41) is 0. The molecule has 0 heteroatoms. The highest BCUT2D eigenvalue weighted by molar-refractivity contribution is 5.27. The van der Waals surface area contributed by atoms with Gasteiger partial charge in [0.1, 0.15) is 0 Å². The maximum absolute atomic E-state index is 2.44. The lowest BCUT2D eigenvalue weighted by molar-refractivity contribution is 0.437. The average Bonchev–Trinajstić information content (AvgIpc) is 2.85. The van der Waals surface area contributed by atoms with Crippen molar-refractivity contribution in [3.05, 3.63) is 35.4 Å². The third kappa shape index (κ3) is 4.87. The first kappa shape index (κ1) is 16.6. The van der Waals surface area contributed by atoms with Crippen LogP contribution in [0, 0.1) is 11.8 Å². The summed E-state index contributed by atoms with van der Waals surface area (Å²) in [4.78, 5) is 0. The van der Waals surface area contributed by atoms with Gasteiger partial charge in [0.15, 0.2) is 0 Å². The molecule has 0 nitrogen and oxygen atoms in total. The van der Waals surface area contributed by atoms with Gasteiger partial charge in [-0.2, -0.15) is 0 Å². The number of benzene rings is 1. The molecule has 1 aromatic rings. The van der Waals surface area contributed by atoms with Crippen LogP contribution in [-0.2, 0) is 6.42 Å². The van der Waals surface area contributed by atoms with Crippen LogP contribution in [0.25, 0.3) is 0 Å². The number of rotatable bonds is 8. The Bertz CT molecular complexity index is 389. The Morgan fingerprint density at radius 2 is 1.67 bits per heavy atom. The van der Waals surface area contributed by atoms with E-state index in [1.165, 1.54) is 63.4 Å². The highest BCUT2D eigenvalue weighted by atomic mass is 14.4. The maximum Gasteiger partial charge on any atom is -0.0131 e. The van der Waals surface area contributed by atoms with E-state index in [4.69, 9.17) is 0 Å². The average molecular weight is 287 g/mol. The number of hydrogen-bond acceptors (Lipinski definition) is 0. The lowest BCUT2D eigenvalue weighted by Crippen LogP contribution is -2.06. The molecule has 0 aromatic heterocycles. The van der Waals surface area contributed by atoms with Crippen LogP contribution in [0.15, 0.2) is 24.3 Å². The fourth-order valence-corrected chi connectivity index (χ4v) is 4.19. The molecule has 0 aliphatic heterocycles. The fraction of sp³-hybridized carbons (Fsp3) is 0.714. The van der Waals surface area contributed by atoms with Crippen molar-refractivity contribution in [2.24, 2.45) is 11.8 Å². The van der Waals surface area contributed by atoms with Gasteiger partial charge in [0, 0.05) is 0 Å². The zero-order valence-electron chi connectivity index (χ0n) is 14.4. The molecule has 1 aliphatic rings. The minimum absolute atomic E-state index is 0.828. The summed E-state index contributed by atoms with van der Waals surface area (Å²) < 4.78 is 0. The van der Waals surface area contributed by atoms with E-state index in [-0.39, 0.29) is 0 Å². The second-order valence-corrected chi connectivity index (χ2v) is 7.28. The molecule has 0 radical (unpaired) electrons. The van der Waals surface area contributed by atoms with E-state index in [9.17, 15) is 0 Å². The van der Waals surface area contributed by atoms with Crippen molar-refractivity contribution < 1.29 is 0 Å². The lowest BCUT2D eigenvalue weighted by atomic mass is 9.85. The van der Waals surface area contributed by atoms with E-state index in [2.05, 4.69) is 45.0 Å². The molecule has 0 saturated heterocycles. The second kappa shape index (κ2) is 8.61. The van der Waals surface area contributed by atoms with E-state index in [0.29, 0.717) is 0 Å². The molecule has 0 N–H and O–H groups in total. The van der Waals surface area contributed by atoms with Gasteiger partial charge >= 0.3 is 0 Å². The van der Waals surface area contributed by atoms with Crippen LogP contribution in [0.3, 0.4) is 0 Å². The van der Waals surface area contributed by atoms with Crippen LogP contribution in [0.5, 0.6) is 0 Å².